The van der Waals surface area contributed by atoms with Gasteiger partial charge in [-0.3, -0.25) is 4.79 Å². The van der Waals surface area contributed by atoms with Crippen LogP contribution in [0, 0.1) is 0 Å². The van der Waals surface area contributed by atoms with Crippen LogP contribution in [-0.4, -0.2) is 46.1 Å². The lowest BCUT2D eigenvalue weighted by atomic mass is 10.0. The number of aliphatic hydroxyl groups excluding tert-OH is 3. The standard InChI is InChI=1S/C51H103NO4/c1-3-5-7-9-11-13-15-16-17-18-19-20-21-22-23-24-25-26-27-28-29-30-31-32-33-34-35-36-38-40-42-44-46-50(55)51(56)52-48(47-53)49(54)45-43-41-39-37-14-12-10-8-6-4-2/h48-50,53-55H,3-47H2,1-2H3,(H,52,56). The summed E-state index contributed by atoms with van der Waals surface area (Å²) in [5, 5.41) is 33.3. The second-order valence-electron chi connectivity index (χ2n) is 18.1. The van der Waals surface area contributed by atoms with Crippen LogP contribution in [0.5, 0.6) is 0 Å². The maximum absolute atomic E-state index is 12.5. The molecule has 336 valence electrons. The molecule has 3 atom stereocenters. The number of rotatable bonds is 48. The zero-order chi connectivity index (χ0) is 40.8. The van der Waals surface area contributed by atoms with Gasteiger partial charge in [0.05, 0.1) is 18.8 Å². The second kappa shape index (κ2) is 47.0. The molecule has 1 amide bonds. The van der Waals surface area contributed by atoms with Crippen LogP contribution in [0.3, 0.4) is 0 Å². The Morgan fingerprint density at radius 3 is 0.804 bits per heavy atom. The molecule has 56 heavy (non-hydrogen) atoms. The van der Waals surface area contributed by atoms with Gasteiger partial charge in [0.15, 0.2) is 0 Å². The topological polar surface area (TPSA) is 89.8 Å². The number of nitrogens with one attached hydrogen (secondary N) is 1. The molecule has 0 aromatic carbocycles. The van der Waals surface area contributed by atoms with Crippen molar-refractivity contribution in [2.45, 2.75) is 315 Å². The van der Waals surface area contributed by atoms with Crippen molar-refractivity contribution in [1.29, 1.82) is 0 Å². The van der Waals surface area contributed by atoms with Crippen LogP contribution in [0.1, 0.15) is 296 Å². The van der Waals surface area contributed by atoms with Gasteiger partial charge in [-0.05, 0) is 12.8 Å². The lowest BCUT2D eigenvalue weighted by Gasteiger charge is -2.23. The number of unbranched alkanes of at least 4 members (excludes halogenated alkanes) is 40. The fourth-order valence-electron chi connectivity index (χ4n) is 8.43. The van der Waals surface area contributed by atoms with E-state index in [9.17, 15) is 20.1 Å². The minimum absolute atomic E-state index is 0.308. The molecule has 0 fully saturated rings. The predicted octanol–water partition coefficient (Wildman–Crippen LogP) is 15.4. The van der Waals surface area contributed by atoms with Crippen molar-refractivity contribution in [1.82, 2.24) is 5.32 Å². The zero-order valence-electron chi connectivity index (χ0n) is 38.3. The van der Waals surface area contributed by atoms with E-state index in [-0.39, 0.29) is 6.61 Å². The SMILES string of the molecule is CCCCCCCCCCCCCCCCCCCCCCCCCCCCCCCCCCC(O)C(=O)NC(CO)C(O)CCCCCCCCCCCC. The van der Waals surface area contributed by atoms with Crippen molar-refractivity contribution in [2.75, 3.05) is 6.61 Å². The van der Waals surface area contributed by atoms with Crippen molar-refractivity contribution in [3.63, 3.8) is 0 Å². The van der Waals surface area contributed by atoms with E-state index in [1.165, 1.54) is 238 Å². The maximum Gasteiger partial charge on any atom is 0.249 e. The average Bonchev–Trinajstić information content (AvgIpc) is 3.20. The monoisotopic (exact) mass is 794 g/mol. The summed E-state index contributed by atoms with van der Waals surface area (Å²) in [4.78, 5) is 12.5. The highest BCUT2D eigenvalue weighted by molar-refractivity contribution is 5.80. The normalized spacial score (nSPS) is 13.3. The van der Waals surface area contributed by atoms with Gasteiger partial charge < -0.3 is 20.6 Å². The third kappa shape index (κ3) is 41.5. The van der Waals surface area contributed by atoms with E-state index in [1.807, 2.05) is 0 Å². The lowest BCUT2D eigenvalue weighted by Crippen LogP contribution is -2.49. The molecule has 0 saturated heterocycles. The van der Waals surface area contributed by atoms with Gasteiger partial charge in [-0.15, -0.1) is 0 Å². The molecule has 0 heterocycles. The summed E-state index contributed by atoms with van der Waals surface area (Å²) in [5.41, 5.74) is 0. The molecule has 0 spiro atoms. The maximum atomic E-state index is 12.5. The van der Waals surface area contributed by atoms with Gasteiger partial charge in [0.1, 0.15) is 6.10 Å². The highest BCUT2D eigenvalue weighted by Gasteiger charge is 2.23. The van der Waals surface area contributed by atoms with Gasteiger partial charge in [-0.25, -0.2) is 0 Å². The molecule has 0 rings (SSSR count). The van der Waals surface area contributed by atoms with Gasteiger partial charge in [0.2, 0.25) is 5.91 Å². The van der Waals surface area contributed by atoms with Crippen LogP contribution in [0.15, 0.2) is 0 Å². The van der Waals surface area contributed by atoms with E-state index in [0.717, 1.165) is 32.1 Å². The number of amides is 1. The van der Waals surface area contributed by atoms with Crippen LogP contribution < -0.4 is 5.32 Å². The van der Waals surface area contributed by atoms with Crippen LogP contribution in [0.4, 0.5) is 0 Å². The van der Waals surface area contributed by atoms with Crippen molar-refractivity contribution < 1.29 is 20.1 Å². The van der Waals surface area contributed by atoms with E-state index >= 15 is 0 Å². The molecule has 0 aliphatic rings. The lowest BCUT2D eigenvalue weighted by molar-refractivity contribution is -0.131. The largest absolute Gasteiger partial charge is 0.394 e. The molecule has 0 bridgehead atoms. The Balaban J connectivity index is 3.40. The zero-order valence-corrected chi connectivity index (χ0v) is 38.3. The summed E-state index contributed by atoms with van der Waals surface area (Å²) >= 11 is 0. The molecule has 5 heteroatoms. The highest BCUT2D eigenvalue weighted by atomic mass is 16.3. The molecule has 4 N–H and O–H groups in total. The summed E-state index contributed by atoms with van der Waals surface area (Å²) in [6, 6.07) is -0.705. The van der Waals surface area contributed by atoms with E-state index in [4.69, 9.17) is 0 Å². The third-order valence-electron chi connectivity index (χ3n) is 12.5. The van der Waals surface area contributed by atoms with Crippen LogP contribution in [0.25, 0.3) is 0 Å². The highest BCUT2D eigenvalue weighted by Crippen LogP contribution is 2.18. The molecule has 5 nitrogen and oxygen atoms in total. The number of carbonyl (C=O) groups excluding carboxylic acids is 1. The van der Waals surface area contributed by atoms with Gasteiger partial charge >= 0.3 is 0 Å². The Hall–Kier alpha value is -0.650. The smallest absolute Gasteiger partial charge is 0.249 e. The quantitative estimate of drug-likeness (QED) is 0.0462. The van der Waals surface area contributed by atoms with Crippen LogP contribution in [0.2, 0.25) is 0 Å². The first kappa shape index (κ1) is 55.4. The van der Waals surface area contributed by atoms with Gasteiger partial charge in [-0.2, -0.15) is 0 Å². The van der Waals surface area contributed by atoms with Crippen molar-refractivity contribution in [3.05, 3.63) is 0 Å². The summed E-state index contributed by atoms with van der Waals surface area (Å²) in [6.07, 6.45) is 55.9. The van der Waals surface area contributed by atoms with Crippen molar-refractivity contribution in [2.24, 2.45) is 0 Å². The number of hydrogen-bond donors (Lipinski definition) is 4. The average molecular weight is 794 g/mol. The van der Waals surface area contributed by atoms with E-state index in [0.29, 0.717) is 12.8 Å². The molecular formula is C51H103NO4. The fraction of sp³-hybridized carbons (Fsp3) is 0.980. The van der Waals surface area contributed by atoms with Gasteiger partial charge in [0, 0.05) is 0 Å². The first-order valence-electron chi connectivity index (χ1n) is 25.8. The third-order valence-corrected chi connectivity index (χ3v) is 12.5. The van der Waals surface area contributed by atoms with Crippen molar-refractivity contribution >= 4 is 5.91 Å². The van der Waals surface area contributed by atoms with Crippen LogP contribution in [-0.2, 0) is 4.79 Å². The second-order valence-corrected chi connectivity index (χ2v) is 18.1. The Labute approximate surface area is 351 Å². The molecule has 0 saturated carbocycles. The van der Waals surface area contributed by atoms with E-state index in [2.05, 4.69) is 19.2 Å². The van der Waals surface area contributed by atoms with E-state index < -0.39 is 24.2 Å². The Bertz CT molecular complexity index is 747. The Morgan fingerprint density at radius 2 is 0.571 bits per heavy atom. The molecular weight excluding hydrogens is 691 g/mol. The Kier molecular flexibility index (Phi) is 46.5. The Morgan fingerprint density at radius 1 is 0.357 bits per heavy atom. The minimum Gasteiger partial charge on any atom is -0.394 e. The molecule has 0 aliphatic heterocycles. The summed E-state index contributed by atoms with van der Waals surface area (Å²) < 4.78 is 0. The van der Waals surface area contributed by atoms with E-state index in [1.54, 1.807) is 0 Å². The molecule has 3 unspecified atom stereocenters. The summed E-state index contributed by atoms with van der Waals surface area (Å²) in [6.45, 7) is 4.24. The van der Waals surface area contributed by atoms with Crippen molar-refractivity contribution in [3.8, 4) is 0 Å². The number of hydrogen-bond acceptors (Lipinski definition) is 4. The minimum atomic E-state index is -1.07. The number of aliphatic hydroxyl groups is 3. The summed E-state index contributed by atoms with van der Waals surface area (Å²) in [5.74, 6) is -0.466. The molecule has 0 aromatic rings. The first-order chi connectivity index (χ1) is 27.6. The fourth-order valence-corrected chi connectivity index (χ4v) is 8.43. The molecule has 0 radical (unpaired) electrons. The predicted molar refractivity (Wildman–Crippen MR) is 246 cm³/mol. The molecule has 0 aliphatic carbocycles. The van der Waals surface area contributed by atoms with Crippen LogP contribution >= 0.6 is 0 Å². The first-order valence-corrected chi connectivity index (χ1v) is 25.8. The summed E-state index contributed by atoms with van der Waals surface area (Å²) in [7, 11) is 0. The molecule has 0 aromatic heterocycles. The number of carbonyl (C=O) groups is 1. The van der Waals surface area contributed by atoms with Gasteiger partial charge in [0.25, 0.3) is 0 Å². The van der Waals surface area contributed by atoms with Gasteiger partial charge in [-0.1, -0.05) is 284 Å².